The Balaban J connectivity index is 1.73. The van der Waals surface area contributed by atoms with Crippen LogP contribution >= 0.6 is 0 Å². The second kappa shape index (κ2) is 6.46. The smallest absolute Gasteiger partial charge is 0.253 e. The molecule has 0 bridgehead atoms. The predicted octanol–water partition coefficient (Wildman–Crippen LogP) is 2.05. The van der Waals surface area contributed by atoms with E-state index >= 15 is 0 Å². The number of hydrogen-bond donors (Lipinski definition) is 0. The van der Waals surface area contributed by atoms with Crippen molar-refractivity contribution in [2.45, 2.75) is 26.4 Å². The van der Waals surface area contributed by atoms with Gasteiger partial charge in [-0.15, -0.1) is 0 Å². The zero-order valence-electron chi connectivity index (χ0n) is 13.9. The van der Waals surface area contributed by atoms with Crippen molar-refractivity contribution in [1.82, 2.24) is 19.8 Å². The standard InChI is InChI=1S/C18H22N4O/c1-13-19-10-16-7-8-22(12-17(16)20-13)11-14-5-4-6-15(9-14)18(23)21(2)3/h4-6,9-10H,7-8,11-12H2,1-3H3. The molecule has 0 N–H and O–H groups in total. The first kappa shape index (κ1) is 15.6. The van der Waals surface area contributed by atoms with Gasteiger partial charge in [-0.3, -0.25) is 9.69 Å². The summed E-state index contributed by atoms with van der Waals surface area (Å²) in [6, 6.07) is 7.89. The highest BCUT2D eigenvalue weighted by molar-refractivity contribution is 5.94. The highest BCUT2D eigenvalue weighted by Gasteiger charge is 2.18. The molecule has 120 valence electrons. The maximum atomic E-state index is 12.1. The van der Waals surface area contributed by atoms with Crippen molar-refractivity contribution in [1.29, 1.82) is 0 Å². The number of amides is 1. The SMILES string of the molecule is Cc1ncc2c(n1)CN(Cc1cccc(C(=O)N(C)C)c1)CC2. The Hall–Kier alpha value is -2.27. The summed E-state index contributed by atoms with van der Waals surface area (Å²) in [4.78, 5) is 24.9. The normalized spacial score (nSPS) is 14.4. The van der Waals surface area contributed by atoms with Crippen molar-refractivity contribution < 1.29 is 4.79 Å². The molecule has 1 aliphatic heterocycles. The summed E-state index contributed by atoms with van der Waals surface area (Å²) in [5.74, 6) is 0.864. The molecule has 23 heavy (non-hydrogen) atoms. The lowest BCUT2D eigenvalue weighted by Gasteiger charge is -2.28. The van der Waals surface area contributed by atoms with Crippen molar-refractivity contribution in [2.24, 2.45) is 0 Å². The second-order valence-corrected chi connectivity index (χ2v) is 6.25. The number of fused-ring (bicyclic) bond motifs is 1. The van der Waals surface area contributed by atoms with Gasteiger partial charge >= 0.3 is 0 Å². The molecule has 2 aromatic rings. The minimum absolute atomic E-state index is 0.0409. The molecule has 1 aromatic heterocycles. The Kier molecular flexibility index (Phi) is 4.39. The summed E-state index contributed by atoms with van der Waals surface area (Å²) < 4.78 is 0. The molecule has 5 nitrogen and oxygen atoms in total. The number of nitrogens with zero attached hydrogens (tertiary/aromatic N) is 4. The first-order valence-electron chi connectivity index (χ1n) is 7.87. The van der Waals surface area contributed by atoms with Gasteiger partial charge in [0.1, 0.15) is 5.82 Å². The summed E-state index contributed by atoms with van der Waals surface area (Å²) in [6.45, 7) is 4.59. The Labute approximate surface area is 137 Å². The Morgan fingerprint density at radius 2 is 2.17 bits per heavy atom. The molecule has 0 atom stereocenters. The average Bonchev–Trinajstić information content (AvgIpc) is 2.54. The fraction of sp³-hybridized carbons (Fsp3) is 0.389. The van der Waals surface area contributed by atoms with Crippen molar-refractivity contribution in [3.8, 4) is 0 Å². The van der Waals surface area contributed by atoms with Crippen LogP contribution in [-0.2, 0) is 19.5 Å². The molecule has 0 aliphatic carbocycles. The highest BCUT2D eigenvalue weighted by atomic mass is 16.2. The summed E-state index contributed by atoms with van der Waals surface area (Å²) in [6.07, 6.45) is 2.93. The molecule has 0 radical (unpaired) electrons. The molecule has 1 aromatic carbocycles. The first-order chi connectivity index (χ1) is 11.0. The van der Waals surface area contributed by atoms with Crippen LogP contribution in [0.2, 0.25) is 0 Å². The quantitative estimate of drug-likeness (QED) is 0.870. The highest BCUT2D eigenvalue weighted by Crippen LogP contribution is 2.19. The summed E-state index contributed by atoms with van der Waals surface area (Å²) in [7, 11) is 3.55. The third-order valence-corrected chi connectivity index (χ3v) is 4.13. The zero-order chi connectivity index (χ0) is 16.4. The maximum absolute atomic E-state index is 12.1. The number of carbonyl (C=O) groups excluding carboxylic acids is 1. The number of hydrogen-bond acceptors (Lipinski definition) is 4. The van der Waals surface area contributed by atoms with Crippen LogP contribution in [0.3, 0.4) is 0 Å². The van der Waals surface area contributed by atoms with Crippen molar-refractivity contribution in [3.05, 3.63) is 58.7 Å². The molecule has 0 saturated carbocycles. The van der Waals surface area contributed by atoms with E-state index in [0.29, 0.717) is 0 Å². The largest absolute Gasteiger partial charge is 0.345 e. The van der Waals surface area contributed by atoms with Gasteiger partial charge in [0.15, 0.2) is 0 Å². The Bertz CT molecular complexity index is 727. The topological polar surface area (TPSA) is 49.3 Å². The summed E-state index contributed by atoms with van der Waals surface area (Å²) >= 11 is 0. The molecule has 0 saturated heterocycles. The molecular formula is C18H22N4O. The third kappa shape index (κ3) is 3.56. The number of aryl methyl sites for hydroxylation is 1. The van der Waals surface area contributed by atoms with Gasteiger partial charge in [0, 0.05) is 45.5 Å². The number of aromatic nitrogens is 2. The minimum atomic E-state index is 0.0409. The molecule has 5 heteroatoms. The van der Waals surface area contributed by atoms with Crippen LogP contribution in [0.15, 0.2) is 30.5 Å². The molecule has 0 unspecified atom stereocenters. The lowest BCUT2D eigenvalue weighted by Crippen LogP contribution is -2.31. The van der Waals surface area contributed by atoms with Crippen LogP contribution in [0, 0.1) is 6.92 Å². The minimum Gasteiger partial charge on any atom is -0.345 e. The number of rotatable bonds is 3. The van der Waals surface area contributed by atoms with E-state index in [9.17, 15) is 4.79 Å². The van der Waals surface area contributed by atoms with E-state index in [-0.39, 0.29) is 5.91 Å². The molecule has 0 fully saturated rings. The van der Waals surface area contributed by atoms with Gasteiger partial charge in [-0.05, 0) is 36.6 Å². The van der Waals surface area contributed by atoms with E-state index in [0.717, 1.165) is 48.7 Å². The van der Waals surface area contributed by atoms with Gasteiger partial charge in [0.25, 0.3) is 5.91 Å². The van der Waals surface area contributed by atoms with E-state index in [2.05, 4.69) is 20.9 Å². The number of carbonyl (C=O) groups is 1. The van der Waals surface area contributed by atoms with Crippen LogP contribution in [-0.4, -0.2) is 46.3 Å². The molecular weight excluding hydrogens is 288 g/mol. The van der Waals surface area contributed by atoms with Crippen LogP contribution in [0.4, 0.5) is 0 Å². The van der Waals surface area contributed by atoms with Gasteiger partial charge in [0.05, 0.1) is 5.69 Å². The fourth-order valence-electron chi connectivity index (χ4n) is 2.91. The zero-order valence-corrected chi connectivity index (χ0v) is 13.9. The Morgan fingerprint density at radius 1 is 1.35 bits per heavy atom. The third-order valence-electron chi connectivity index (χ3n) is 4.13. The molecule has 1 aliphatic rings. The fourth-order valence-corrected chi connectivity index (χ4v) is 2.91. The second-order valence-electron chi connectivity index (χ2n) is 6.25. The van der Waals surface area contributed by atoms with Gasteiger partial charge < -0.3 is 4.90 Å². The van der Waals surface area contributed by atoms with Crippen LogP contribution in [0.1, 0.15) is 33.0 Å². The summed E-state index contributed by atoms with van der Waals surface area (Å²) in [5, 5.41) is 0. The Morgan fingerprint density at radius 3 is 2.96 bits per heavy atom. The number of benzene rings is 1. The molecule has 0 spiro atoms. The monoisotopic (exact) mass is 310 g/mol. The molecule has 1 amide bonds. The van der Waals surface area contributed by atoms with E-state index in [1.54, 1.807) is 19.0 Å². The van der Waals surface area contributed by atoms with Crippen molar-refractivity contribution >= 4 is 5.91 Å². The van der Waals surface area contributed by atoms with E-state index in [1.807, 2.05) is 31.3 Å². The first-order valence-corrected chi connectivity index (χ1v) is 7.87. The lowest BCUT2D eigenvalue weighted by molar-refractivity contribution is 0.0827. The van der Waals surface area contributed by atoms with Crippen LogP contribution in [0.25, 0.3) is 0 Å². The lowest BCUT2D eigenvalue weighted by atomic mass is 10.0. The van der Waals surface area contributed by atoms with E-state index in [1.165, 1.54) is 5.56 Å². The van der Waals surface area contributed by atoms with Crippen molar-refractivity contribution in [2.75, 3.05) is 20.6 Å². The van der Waals surface area contributed by atoms with Gasteiger partial charge in [-0.2, -0.15) is 0 Å². The predicted molar refractivity (Wildman–Crippen MR) is 89.0 cm³/mol. The van der Waals surface area contributed by atoms with E-state index < -0.39 is 0 Å². The van der Waals surface area contributed by atoms with E-state index in [4.69, 9.17) is 0 Å². The van der Waals surface area contributed by atoms with Gasteiger partial charge in [-0.25, -0.2) is 9.97 Å². The maximum Gasteiger partial charge on any atom is 0.253 e. The van der Waals surface area contributed by atoms with Gasteiger partial charge in [0.2, 0.25) is 0 Å². The molecule has 2 heterocycles. The molecule has 3 rings (SSSR count). The van der Waals surface area contributed by atoms with Crippen LogP contribution in [0.5, 0.6) is 0 Å². The van der Waals surface area contributed by atoms with Crippen LogP contribution < -0.4 is 0 Å². The summed E-state index contributed by atoms with van der Waals surface area (Å²) in [5.41, 5.74) is 4.28. The van der Waals surface area contributed by atoms with Gasteiger partial charge in [-0.1, -0.05) is 12.1 Å². The van der Waals surface area contributed by atoms with Crippen molar-refractivity contribution in [3.63, 3.8) is 0 Å². The average molecular weight is 310 g/mol.